The minimum atomic E-state index is -3.17. The van der Waals surface area contributed by atoms with Crippen molar-refractivity contribution in [3.8, 4) is 0 Å². The first-order valence-electron chi connectivity index (χ1n) is 5.14. The van der Waals surface area contributed by atoms with Crippen molar-refractivity contribution in [3.63, 3.8) is 0 Å². The Morgan fingerprint density at radius 1 is 1.47 bits per heavy atom. The molecule has 1 aromatic carbocycles. The van der Waals surface area contributed by atoms with Gasteiger partial charge in [-0.25, -0.2) is 13.2 Å². The van der Waals surface area contributed by atoms with Crippen LogP contribution in [-0.4, -0.2) is 29.7 Å². The SMILES string of the molecule is OC1C(Cc2cccc(Cl)c2F)NCC1(F)F. The van der Waals surface area contributed by atoms with Crippen LogP contribution in [0.15, 0.2) is 18.2 Å². The second-order valence-electron chi connectivity index (χ2n) is 4.11. The molecular weight excluding hydrogens is 255 g/mol. The van der Waals surface area contributed by atoms with E-state index in [0.29, 0.717) is 0 Å². The minimum Gasteiger partial charge on any atom is -0.385 e. The summed E-state index contributed by atoms with van der Waals surface area (Å²) in [6.45, 7) is -0.596. The number of benzene rings is 1. The van der Waals surface area contributed by atoms with E-state index in [1.165, 1.54) is 12.1 Å². The fourth-order valence-electron chi connectivity index (χ4n) is 1.90. The van der Waals surface area contributed by atoms with Crippen LogP contribution in [0.1, 0.15) is 5.56 Å². The summed E-state index contributed by atoms with van der Waals surface area (Å²) >= 11 is 5.59. The first kappa shape index (κ1) is 12.7. The number of alkyl halides is 2. The summed E-state index contributed by atoms with van der Waals surface area (Å²) < 4.78 is 39.6. The number of hydrogen-bond donors (Lipinski definition) is 2. The van der Waals surface area contributed by atoms with Gasteiger partial charge in [-0.3, -0.25) is 0 Å². The van der Waals surface area contributed by atoms with Crippen LogP contribution in [0.25, 0.3) is 0 Å². The van der Waals surface area contributed by atoms with Crippen molar-refractivity contribution >= 4 is 11.6 Å². The Balaban J connectivity index is 2.15. The van der Waals surface area contributed by atoms with Crippen LogP contribution >= 0.6 is 11.6 Å². The molecule has 0 spiro atoms. The lowest BCUT2D eigenvalue weighted by molar-refractivity contribution is -0.0805. The maximum absolute atomic E-state index is 13.5. The Kier molecular flexibility index (Phi) is 3.34. The lowest BCUT2D eigenvalue weighted by Crippen LogP contribution is -2.38. The Bertz CT molecular complexity index is 427. The zero-order chi connectivity index (χ0) is 12.6. The molecule has 1 saturated heterocycles. The van der Waals surface area contributed by atoms with Crippen LogP contribution in [0.3, 0.4) is 0 Å². The van der Waals surface area contributed by atoms with Crippen LogP contribution in [0.5, 0.6) is 0 Å². The van der Waals surface area contributed by atoms with Crippen molar-refractivity contribution in [2.24, 2.45) is 0 Å². The van der Waals surface area contributed by atoms with E-state index < -0.39 is 30.4 Å². The van der Waals surface area contributed by atoms with Gasteiger partial charge in [-0.05, 0) is 18.1 Å². The number of aliphatic hydroxyl groups excluding tert-OH is 1. The van der Waals surface area contributed by atoms with Crippen molar-refractivity contribution in [1.82, 2.24) is 5.32 Å². The predicted molar refractivity (Wildman–Crippen MR) is 57.9 cm³/mol. The molecule has 1 aliphatic rings. The normalized spacial score (nSPS) is 27.4. The molecular formula is C11H11ClF3NO. The molecule has 2 unspecified atom stereocenters. The monoisotopic (exact) mass is 265 g/mol. The molecule has 0 amide bonds. The van der Waals surface area contributed by atoms with Crippen LogP contribution in [0.2, 0.25) is 5.02 Å². The molecule has 2 rings (SSSR count). The molecule has 0 radical (unpaired) electrons. The van der Waals surface area contributed by atoms with Gasteiger partial charge in [0.2, 0.25) is 0 Å². The molecule has 2 nitrogen and oxygen atoms in total. The zero-order valence-corrected chi connectivity index (χ0v) is 9.52. The maximum Gasteiger partial charge on any atom is 0.287 e. The van der Waals surface area contributed by atoms with Gasteiger partial charge in [-0.2, -0.15) is 0 Å². The zero-order valence-electron chi connectivity index (χ0n) is 8.76. The Morgan fingerprint density at radius 3 is 2.76 bits per heavy atom. The van der Waals surface area contributed by atoms with E-state index in [0.717, 1.165) is 0 Å². The first-order chi connectivity index (χ1) is 7.92. The van der Waals surface area contributed by atoms with Gasteiger partial charge >= 0.3 is 0 Å². The van der Waals surface area contributed by atoms with Crippen molar-refractivity contribution in [2.75, 3.05) is 6.54 Å². The molecule has 0 saturated carbocycles. The van der Waals surface area contributed by atoms with Crippen molar-refractivity contribution in [2.45, 2.75) is 24.5 Å². The standard InChI is InChI=1S/C11H11ClF3NO/c12-7-3-1-2-6(9(7)13)4-8-10(17)11(14,15)5-16-8/h1-3,8,10,16-17H,4-5H2. The third-order valence-electron chi connectivity index (χ3n) is 2.89. The van der Waals surface area contributed by atoms with E-state index in [1.807, 2.05) is 0 Å². The quantitative estimate of drug-likeness (QED) is 0.857. The average molecular weight is 266 g/mol. The summed E-state index contributed by atoms with van der Waals surface area (Å²) in [6.07, 6.45) is -1.83. The smallest absolute Gasteiger partial charge is 0.287 e. The average Bonchev–Trinajstić information content (AvgIpc) is 2.52. The summed E-state index contributed by atoms with van der Waals surface area (Å²) in [5, 5.41) is 11.8. The topological polar surface area (TPSA) is 32.3 Å². The van der Waals surface area contributed by atoms with Gasteiger partial charge in [0.05, 0.1) is 11.6 Å². The van der Waals surface area contributed by atoms with Gasteiger partial charge in [-0.15, -0.1) is 0 Å². The minimum absolute atomic E-state index is 0.0247. The summed E-state index contributed by atoms with van der Waals surface area (Å²) in [5.74, 6) is -3.79. The van der Waals surface area contributed by atoms with E-state index in [1.54, 1.807) is 6.07 Å². The van der Waals surface area contributed by atoms with Crippen molar-refractivity contribution in [3.05, 3.63) is 34.6 Å². The highest BCUT2D eigenvalue weighted by Crippen LogP contribution is 2.28. The summed E-state index contributed by atoms with van der Waals surface area (Å²) in [4.78, 5) is 0. The van der Waals surface area contributed by atoms with Gasteiger partial charge in [-0.1, -0.05) is 23.7 Å². The summed E-state index contributed by atoms with van der Waals surface area (Å²) in [6, 6.07) is 3.53. The van der Waals surface area contributed by atoms with Crippen molar-refractivity contribution < 1.29 is 18.3 Å². The van der Waals surface area contributed by atoms with E-state index in [4.69, 9.17) is 11.6 Å². The highest BCUT2D eigenvalue weighted by molar-refractivity contribution is 6.30. The lowest BCUT2D eigenvalue weighted by atomic mass is 10.0. The largest absolute Gasteiger partial charge is 0.385 e. The fourth-order valence-corrected chi connectivity index (χ4v) is 2.10. The molecule has 0 aromatic heterocycles. The molecule has 1 fully saturated rings. The van der Waals surface area contributed by atoms with Crippen LogP contribution < -0.4 is 5.32 Å². The highest BCUT2D eigenvalue weighted by atomic mass is 35.5. The first-order valence-corrected chi connectivity index (χ1v) is 5.52. The third-order valence-corrected chi connectivity index (χ3v) is 3.18. The van der Waals surface area contributed by atoms with Gasteiger partial charge in [0, 0.05) is 6.04 Å². The van der Waals surface area contributed by atoms with E-state index in [-0.39, 0.29) is 17.0 Å². The number of hydrogen-bond acceptors (Lipinski definition) is 2. The lowest BCUT2D eigenvalue weighted by Gasteiger charge is -2.18. The molecule has 2 N–H and O–H groups in total. The van der Waals surface area contributed by atoms with Crippen LogP contribution in [-0.2, 0) is 6.42 Å². The molecule has 1 aliphatic heterocycles. The maximum atomic E-state index is 13.5. The molecule has 0 aliphatic carbocycles. The van der Waals surface area contributed by atoms with Crippen molar-refractivity contribution in [1.29, 1.82) is 0 Å². The third kappa shape index (κ3) is 2.41. The Morgan fingerprint density at radius 2 is 2.18 bits per heavy atom. The highest BCUT2D eigenvalue weighted by Gasteiger charge is 2.49. The number of nitrogens with one attached hydrogen (secondary N) is 1. The predicted octanol–water partition coefficient (Wildman–Crippen LogP) is 1.99. The molecule has 94 valence electrons. The van der Waals surface area contributed by atoms with Gasteiger partial charge in [0.25, 0.3) is 5.92 Å². The fraction of sp³-hybridized carbons (Fsp3) is 0.455. The van der Waals surface area contributed by atoms with Crippen LogP contribution in [0.4, 0.5) is 13.2 Å². The Hall–Kier alpha value is -0.780. The number of rotatable bonds is 2. The van der Waals surface area contributed by atoms with E-state index >= 15 is 0 Å². The molecule has 17 heavy (non-hydrogen) atoms. The van der Waals surface area contributed by atoms with Gasteiger partial charge < -0.3 is 10.4 Å². The van der Waals surface area contributed by atoms with E-state index in [9.17, 15) is 18.3 Å². The van der Waals surface area contributed by atoms with E-state index in [2.05, 4.69) is 5.32 Å². The van der Waals surface area contributed by atoms with Crippen LogP contribution in [0, 0.1) is 5.82 Å². The molecule has 6 heteroatoms. The van der Waals surface area contributed by atoms with Gasteiger partial charge in [0.1, 0.15) is 11.9 Å². The summed E-state index contributed by atoms with van der Waals surface area (Å²) in [7, 11) is 0. The molecule has 2 atom stereocenters. The van der Waals surface area contributed by atoms with Gasteiger partial charge in [0.15, 0.2) is 0 Å². The second kappa shape index (κ2) is 4.48. The summed E-state index contributed by atoms with van der Waals surface area (Å²) in [5.41, 5.74) is 0.215. The Labute approximate surface area is 101 Å². The second-order valence-corrected chi connectivity index (χ2v) is 4.52. The molecule has 1 heterocycles. The number of halogens is 4. The molecule has 1 aromatic rings. The number of aliphatic hydroxyl groups is 1. The molecule has 0 bridgehead atoms.